The van der Waals surface area contributed by atoms with E-state index in [9.17, 15) is 9.90 Å². The number of carbonyl (C=O) groups is 1. The van der Waals surface area contributed by atoms with Crippen LogP contribution >= 0.6 is 0 Å². The van der Waals surface area contributed by atoms with E-state index in [-0.39, 0.29) is 5.75 Å². The Hall–Kier alpha value is -1.51. The lowest BCUT2D eigenvalue weighted by Gasteiger charge is -2.07. The Bertz CT molecular complexity index is 308. The lowest BCUT2D eigenvalue weighted by atomic mass is 10.1. The van der Waals surface area contributed by atoms with Gasteiger partial charge in [-0.25, -0.2) is 0 Å². The minimum atomic E-state index is 0.254. The number of carbonyl (C=O) groups excluding carboxylic acids is 1. The fourth-order valence-electron chi connectivity index (χ4n) is 1.03. The van der Waals surface area contributed by atoms with Crippen molar-refractivity contribution in [2.45, 2.75) is 13.8 Å². The van der Waals surface area contributed by atoms with E-state index >= 15 is 0 Å². The van der Waals surface area contributed by atoms with Gasteiger partial charge in [-0.2, -0.15) is 0 Å². The molecule has 1 rings (SSSR count). The second kappa shape index (κ2) is 3.26. The molecule has 0 bridgehead atoms. The van der Waals surface area contributed by atoms with Crippen LogP contribution in [0, 0.1) is 13.8 Å². The first-order valence-electron chi connectivity index (χ1n) is 3.66. The van der Waals surface area contributed by atoms with E-state index in [1.807, 2.05) is 6.92 Å². The standard InChI is InChI=1S/C9H11NO2/c1-6-7(2)9(12)4-3-8(6)10-5-11/h3-5,12H,1-2H3,(H,10,11). The highest BCUT2D eigenvalue weighted by Gasteiger charge is 2.03. The Morgan fingerprint density at radius 1 is 1.33 bits per heavy atom. The highest BCUT2D eigenvalue weighted by atomic mass is 16.3. The lowest BCUT2D eigenvalue weighted by Crippen LogP contribution is -1.97. The van der Waals surface area contributed by atoms with Crippen molar-refractivity contribution in [3.05, 3.63) is 23.3 Å². The third kappa shape index (κ3) is 1.39. The molecule has 1 aromatic rings. The Morgan fingerprint density at radius 3 is 2.58 bits per heavy atom. The smallest absolute Gasteiger partial charge is 0.211 e. The average molecular weight is 165 g/mol. The molecule has 12 heavy (non-hydrogen) atoms. The van der Waals surface area contributed by atoms with Gasteiger partial charge in [0.25, 0.3) is 0 Å². The maximum absolute atomic E-state index is 10.1. The third-order valence-electron chi connectivity index (χ3n) is 1.97. The van der Waals surface area contributed by atoms with Crippen molar-refractivity contribution in [1.82, 2.24) is 0 Å². The van der Waals surface area contributed by atoms with Gasteiger partial charge in [0.05, 0.1) is 0 Å². The zero-order valence-corrected chi connectivity index (χ0v) is 7.09. The molecule has 0 aromatic heterocycles. The van der Waals surface area contributed by atoms with Gasteiger partial charge >= 0.3 is 0 Å². The number of anilines is 1. The van der Waals surface area contributed by atoms with Crippen molar-refractivity contribution in [1.29, 1.82) is 0 Å². The normalized spacial score (nSPS) is 9.50. The molecule has 0 fully saturated rings. The van der Waals surface area contributed by atoms with Gasteiger partial charge < -0.3 is 10.4 Å². The van der Waals surface area contributed by atoms with Crippen LogP contribution in [0.5, 0.6) is 5.75 Å². The topological polar surface area (TPSA) is 49.3 Å². The summed E-state index contributed by atoms with van der Waals surface area (Å²) in [6.45, 7) is 3.65. The van der Waals surface area contributed by atoms with Crippen molar-refractivity contribution in [2.75, 3.05) is 5.32 Å². The monoisotopic (exact) mass is 165 g/mol. The van der Waals surface area contributed by atoms with Crippen LogP contribution in [0.1, 0.15) is 11.1 Å². The number of amides is 1. The van der Waals surface area contributed by atoms with Gasteiger partial charge in [-0.1, -0.05) is 0 Å². The van der Waals surface area contributed by atoms with Crippen LogP contribution in [0.25, 0.3) is 0 Å². The Balaban J connectivity index is 3.16. The second-order valence-electron chi connectivity index (χ2n) is 2.64. The Morgan fingerprint density at radius 2 is 2.00 bits per heavy atom. The molecule has 1 amide bonds. The second-order valence-corrected chi connectivity index (χ2v) is 2.64. The molecule has 0 unspecified atom stereocenters. The van der Waals surface area contributed by atoms with Crippen LogP contribution in [0.2, 0.25) is 0 Å². The highest BCUT2D eigenvalue weighted by molar-refractivity contribution is 5.74. The first kappa shape index (κ1) is 8.59. The number of nitrogens with one attached hydrogen (secondary N) is 1. The lowest BCUT2D eigenvalue weighted by molar-refractivity contribution is -0.105. The number of aromatic hydroxyl groups is 1. The molecule has 0 saturated heterocycles. The molecule has 0 saturated carbocycles. The van der Waals surface area contributed by atoms with E-state index in [0.717, 1.165) is 16.8 Å². The molecular weight excluding hydrogens is 154 g/mol. The molecule has 3 nitrogen and oxygen atoms in total. The Kier molecular flexibility index (Phi) is 2.33. The molecule has 0 aliphatic carbocycles. The van der Waals surface area contributed by atoms with Crippen molar-refractivity contribution < 1.29 is 9.90 Å². The van der Waals surface area contributed by atoms with Crippen molar-refractivity contribution >= 4 is 12.1 Å². The molecule has 64 valence electrons. The zero-order chi connectivity index (χ0) is 9.14. The summed E-state index contributed by atoms with van der Waals surface area (Å²) in [6.07, 6.45) is 0.624. The van der Waals surface area contributed by atoms with Gasteiger partial charge in [0.15, 0.2) is 0 Å². The summed E-state index contributed by atoms with van der Waals surface area (Å²) >= 11 is 0. The molecule has 1 aromatic carbocycles. The van der Waals surface area contributed by atoms with E-state index in [1.54, 1.807) is 19.1 Å². The van der Waals surface area contributed by atoms with Crippen LogP contribution in [0.15, 0.2) is 12.1 Å². The van der Waals surface area contributed by atoms with Crippen LogP contribution < -0.4 is 5.32 Å². The molecule has 2 N–H and O–H groups in total. The van der Waals surface area contributed by atoms with Gasteiger partial charge in [-0.15, -0.1) is 0 Å². The number of phenols is 1. The first-order valence-corrected chi connectivity index (χ1v) is 3.66. The van der Waals surface area contributed by atoms with Crippen molar-refractivity contribution in [3.63, 3.8) is 0 Å². The zero-order valence-electron chi connectivity index (χ0n) is 7.09. The van der Waals surface area contributed by atoms with Gasteiger partial charge in [0, 0.05) is 5.69 Å². The van der Waals surface area contributed by atoms with E-state index in [4.69, 9.17) is 0 Å². The van der Waals surface area contributed by atoms with E-state index < -0.39 is 0 Å². The summed E-state index contributed by atoms with van der Waals surface area (Å²) in [4.78, 5) is 10.1. The fraction of sp³-hybridized carbons (Fsp3) is 0.222. The summed E-state index contributed by atoms with van der Waals surface area (Å²) in [7, 11) is 0. The molecular formula is C9H11NO2. The quantitative estimate of drug-likeness (QED) is 0.516. The van der Waals surface area contributed by atoms with Gasteiger partial charge in [-0.3, -0.25) is 4.79 Å². The molecule has 0 spiro atoms. The number of phenolic OH excluding ortho intramolecular Hbond substituents is 1. The average Bonchev–Trinajstić information content (AvgIpc) is 2.07. The summed E-state index contributed by atoms with van der Waals surface area (Å²) in [6, 6.07) is 3.24. The number of hydrogen-bond donors (Lipinski definition) is 2. The maximum Gasteiger partial charge on any atom is 0.211 e. The van der Waals surface area contributed by atoms with Crippen LogP contribution in [-0.2, 0) is 4.79 Å². The minimum absolute atomic E-state index is 0.254. The molecule has 0 heterocycles. The predicted octanol–water partition coefficient (Wildman–Crippen LogP) is 1.58. The van der Waals surface area contributed by atoms with Crippen LogP contribution in [0.3, 0.4) is 0 Å². The molecule has 0 aliphatic heterocycles. The predicted molar refractivity (Wildman–Crippen MR) is 47.3 cm³/mol. The van der Waals surface area contributed by atoms with Crippen LogP contribution in [0.4, 0.5) is 5.69 Å². The first-order chi connectivity index (χ1) is 5.66. The Labute approximate surface area is 71.0 Å². The summed E-state index contributed by atoms with van der Waals surface area (Å²) in [5, 5.41) is 11.8. The van der Waals surface area contributed by atoms with Crippen molar-refractivity contribution in [3.8, 4) is 5.75 Å². The van der Waals surface area contributed by atoms with Gasteiger partial charge in [0.2, 0.25) is 6.41 Å². The molecule has 0 radical (unpaired) electrons. The van der Waals surface area contributed by atoms with Crippen molar-refractivity contribution in [2.24, 2.45) is 0 Å². The van der Waals surface area contributed by atoms with E-state index in [1.165, 1.54) is 0 Å². The molecule has 3 heteroatoms. The van der Waals surface area contributed by atoms with Crippen LogP contribution in [-0.4, -0.2) is 11.5 Å². The number of rotatable bonds is 2. The fourth-order valence-corrected chi connectivity index (χ4v) is 1.03. The number of hydrogen-bond acceptors (Lipinski definition) is 2. The van der Waals surface area contributed by atoms with Gasteiger partial charge in [0.1, 0.15) is 5.75 Å². The van der Waals surface area contributed by atoms with Gasteiger partial charge in [-0.05, 0) is 37.1 Å². The largest absolute Gasteiger partial charge is 0.508 e. The van der Waals surface area contributed by atoms with E-state index in [2.05, 4.69) is 5.32 Å². The maximum atomic E-state index is 10.1. The third-order valence-corrected chi connectivity index (χ3v) is 1.97. The minimum Gasteiger partial charge on any atom is -0.508 e. The molecule has 0 aliphatic rings. The summed E-state index contributed by atoms with van der Waals surface area (Å²) in [5.74, 6) is 0.254. The molecule has 0 atom stereocenters. The summed E-state index contributed by atoms with van der Waals surface area (Å²) in [5.41, 5.74) is 2.42. The SMILES string of the molecule is Cc1c(O)ccc(NC=O)c1C. The highest BCUT2D eigenvalue weighted by Crippen LogP contribution is 2.25. The number of benzene rings is 1. The van der Waals surface area contributed by atoms with E-state index in [0.29, 0.717) is 6.41 Å². The summed E-state index contributed by atoms with van der Waals surface area (Å²) < 4.78 is 0.